The van der Waals surface area contributed by atoms with E-state index in [9.17, 15) is 0 Å². The predicted octanol–water partition coefficient (Wildman–Crippen LogP) is 3.80. The first-order valence-electron chi connectivity index (χ1n) is 5.99. The molecule has 0 unspecified atom stereocenters. The normalized spacial score (nSPS) is 10.8. The molecule has 0 fully saturated rings. The number of hydrogen-bond acceptors (Lipinski definition) is 0. The Morgan fingerprint density at radius 3 is 2.29 bits per heavy atom. The zero-order valence-corrected chi connectivity index (χ0v) is 9.84. The minimum absolute atomic E-state index is 1.18. The van der Waals surface area contributed by atoms with Crippen molar-refractivity contribution in [1.82, 2.24) is 4.57 Å². The van der Waals surface area contributed by atoms with Gasteiger partial charge in [-0.1, -0.05) is 33.6 Å². The molecule has 0 atom stereocenters. The number of nitrogens with zero attached hydrogens (tertiary/aromatic N) is 1. The lowest BCUT2D eigenvalue weighted by molar-refractivity contribution is 0.632. The molecule has 1 heteroatoms. The maximum absolute atomic E-state index is 2.37. The van der Waals surface area contributed by atoms with E-state index in [0.29, 0.717) is 0 Å². The Balaban J connectivity index is 2.67. The van der Waals surface area contributed by atoms with Gasteiger partial charge in [-0.3, -0.25) is 0 Å². The Bertz CT molecular complexity index is 260. The van der Waals surface area contributed by atoms with Crippen LogP contribution in [-0.4, -0.2) is 4.57 Å². The summed E-state index contributed by atoms with van der Waals surface area (Å²) in [7, 11) is 0. The third-order valence-electron chi connectivity index (χ3n) is 2.73. The van der Waals surface area contributed by atoms with Crippen LogP contribution in [0.1, 0.15) is 51.2 Å². The van der Waals surface area contributed by atoms with Crippen molar-refractivity contribution in [2.45, 2.75) is 59.4 Å². The number of rotatable bonds is 6. The van der Waals surface area contributed by atoms with Gasteiger partial charge in [0.25, 0.3) is 0 Å². The summed E-state index contributed by atoms with van der Waals surface area (Å²) in [4.78, 5) is 0. The first kappa shape index (κ1) is 11.4. The molecule has 0 saturated heterocycles. The van der Waals surface area contributed by atoms with Crippen molar-refractivity contribution in [3.8, 4) is 0 Å². The van der Waals surface area contributed by atoms with Crippen molar-refractivity contribution in [2.24, 2.45) is 0 Å². The summed E-state index contributed by atoms with van der Waals surface area (Å²) in [5, 5.41) is 0. The van der Waals surface area contributed by atoms with Gasteiger partial charge in [0.05, 0.1) is 0 Å². The summed E-state index contributed by atoms with van der Waals surface area (Å²) in [5.74, 6) is 0. The van der Waals surface area contributed by atoms with E-state index in [1.165, 1.54) is 38.6 Å². The monoisotopic (exact) mass is 193 g/mol. The quantitative estimate of drug-likeness (QED) is 0.647. The summed E-state index contributed by atoms with van der Waals surface area (Å²) in [6, 6.07) is 0. The maximum Gasteiger partial charge on any atom is 0.0219 e. The molecule has 1 rings (SSSR count). The lowest BCUT2D eigenvalue weighted by atomic mass is 10.1. The highest BCUT2D eigenvalue weighted by molar-refractivity contribution is 5.24. The highest BCUT2D eigenvalue weighted by Gasteiger charge is 2.03. The van der Waals surface area contributed by atoms with Gasteiger partial charge < -0.3 is 4.57 Å². The molecule has 0 N–H and O–H groups in total. The molecule has 0 radical (unpaired) electrons. The summed E-state index contributed by atoms with van der Waals surface area (Å²) in [6.45, 7) is 7.94. The summed E-state index contributed by atoms with van der Waals surface area (Å²) < 4.78 is 2.37. The summed E-state index contributed by atoms with van der Waals surface area (Å²) in [6.07, 6.45) is 10.9. The molecule has 80 valence electrons. The van der Waals surface area contributed by atoms with Gasteiger partial charge in [-0.05, 0) is 30.4 Å². The van der Waals surface area contributed by atoms with Crippen LogP contribution in [0.3, 0.4) is 0 Å². The third-order valence-corrected chi connectivity index (χ3v) is 2.73. The SMILES string of the molecule is CCCCn1cc(CC)c(CCC)c1. The lowest BCUT2D eigenvalue weighted by Crippen LogP contribution is -1.92. The molecule has 0 saturated carbocycles. The molecule has 0 spiro atoms. The number of aromatic nitrogens is 1. The molecule has 0 amide bonds. The summed E-state index contributed by atoms with van der Waals surface area (Å²) >= 11 is 0. The molecule has 0 aliphatic rings. The Morgan fingerprint density at radius 2 is 1.71 bits per heavy atom. The van der Waals surface area contributed by atoms with Crippen LogP contribution in [0.15, 0.2) is 12.4 Å². The van der Waals surface area contributed by atoms with Gasteiger partial charge in [0.2, 0.25) is 0 Å². The Hall–Kier alpha value is -0.720. The third kappa shape index (κ3) is 2.90. The number of aryl methyl sites for hydroxylation is 3. The zero-order valence-electron chi connectivity index (χ0n) is 9.84. The predicted molar refractivity (Wildman–Crippen MR) is 62.7 cm³/mol. The average Bonchev–Trinajstić information content (AvgIpc) is 2.58. The maximum atomic E-state index is 2.37. The van der Waals surface area contributed by atoms with Gasteiger partial charge in [0.1, 0.15) is 0 Å². The molecule has 1 heterocycles. The van der Waals surface area contributed by atoms with Crippen molar-refractivity contribution in [1.29, 1.82) is 0 Å². The van der Waals surface area contributed by atoms with Gasteiger partial charge in [-0.25, -0.2) is 0 Å². The first-order chi connectivity index (χ1) is 6.81. The van der Waals surface area contributed by atoms with Crippen LogP contribution >= 0.6 is 0 Å². The molecular weight excluding hydrogens is 170 g/mol. The van der Waals surface area contributed by atoms with E-state index in [0.717, 1.165) is 0 Å². The smallest absolute Gasteiger partial charge is 0.0219 e. The lowest BCUT2D eigenvalue weighted by Gasteiger charge is -1.99. The van der Waals surface area contributed by atoms with E-state index in [2.05, 4.69) is 37.7 Å². The molecule has 1 aromatic rings. The average molecular weight is 193 g/mol. The summed E-state index contributed by atoms with van der Waals surface area (Å²) in [5.41, 5.74) is 3.11. The zero-order chi connectivity index (χ0) is 10.4. The van der Waals surface area contributed by atoms with Crippen molar-refractivity contribution in [3.05, 3.63) is 23.5 Å². The molecule has 0 aliphatic heterocycles. The van der Waals surface area contributed by atoms with E-state index in [1.54, 1.807) is 11.1 Å². The van der Waals surface area contributed by atoms with Crippen LogP contribution in [0.5, 0.6) is 0 Å². The highest BCUT2D eigenvalue weighted by atomic mass is 14.9. The Kier molecular flexibility index (Phi) is 4.78. The van der Waals surface area contributed by atoms with E-state index in [-0.39, 0.29) is 0 Å². The molecular formula is C13H23N. The van der Waals surface area contributed by atoms with Gasteiger partial charge in [0.15, 0.2) is 0 Å². The van der Waals surface area contributed by atoms with Crippen LogP contribution in [-0.2, 0) is 19.4 Å². The van der Waals surface area contributed by atoms with Crippen LogP contribution < -0.4 is 0 Å². The van der Waals surface area contributed by atoms with E-state index < -0.39 is 0 Å². The Labute approximate surface area is 88.1 Å². The van der Waals surface area contributed by atoms with Crippen LogP contribution in [0.25, 0.3) is 0 Å². The molecule has 1 nitrogen and oxygen atoms in total. The second-order valence-electron chi connectivity index (χ2n) is 4.00. The number of unbranched alkanes of at least 4 members (excludes halogenated alkanes) is 1. The molecule has 0 aliphatic carbocycles. The topological polar surface area (TPSA) is 4.93 Å². The fourth-order valence-electron chi connectivity index (χ4n) is 1.89. The molecule has 1 aromatic heterocycles. The fourth-order valence-corrected chi connectivity index (χ4v) is 1.89. The second kappa shape index (κ2) is 5.90. The van der Waals surface area contributed by atoms with Crippen LogP contribution in [0.4, 0.5) is 0 Å². The Morgan fingerprint density at radius 1 is 1.00 bits per heavy atom. The van der Waals surface area contributed by atoms with Crippen molar-refractivity contribution in [2.75, 3.05) is 0 Å². The van der Waals surface area contributed by atoms with Crippen LogP contribution in [0, 0.1) is 0 Å². The van der Waals surface area contributed by atoms with Gasteiger partial charge in [-0.2, -0.15) is 0 Å². The fraction of sp³-hybridized carbons (Fsp3) is 0.692. The standard InChI is InChI=1S/C13H23N/c1-4-7-9-14-10-12(6-3)13(11-14)8-5-2/h10-11H,4-9H2,1-3H3. The van der Waals surface area contributed by atoms with Crippen molar-refractivity contribution < 1.29 is 0 Å². The van der Waals surface area contributed by atoms with Gasteiger partial charge in [0, 0.05) is 18.9 Å². The second-order valence-corrected chi connectivity index (χ2v) is 4.00. The highest BCUT2D eigenvalue weighted by Crippen LogP contribution is 2.14. The minimum atomic E-state index is 1.18. The van der Waals surface area contributed by atoms with E-state index in [1.807, 2.05) is 0 Å². The molecule has 0 aromatic carbocycles. The van der Waals surface area contributed by atoms with Crippen LogP contribution in [0.2, 0.25) is 0 Å². The van der Waals surface area contributed by atoms with Crippen molar-refractivity contribution in [3.63, 3.8) is 0 Å². The number of hydrogen-bond donors (Lipinski definition) is 0. The van der Waals surface area contributed by atoms with Crippen molar-refractivity contribution >= 4 is 0 Å². The largest absolute Gasteiger partial charge is 0.354 e. The minimum Gasteiger partial charge on any atom is -0.354 e. The van der Waals surface area contributed by atoms with Gasteiger partial charge in [-0.15, -0.1) is 0 Å². The molecule has 14 heavy (non-hydrogen) atoms. The molecule has 0 bridgehead atoms. The van der Waals surface area contributed by atoms with E-state index >= 15 is 0 Å². The van der Waals surface area contributed by atoms with E-state index in [4.69, 9.17) is 0 Å². The van der Waals surface area contributed by atoms with Gasteiger partial charge >= 0.3 is 0 Å². The first-order valence-corrected chi connectivity index (χ1v) is 5.99.